The highest BCUT2D eigenvalue weighted by Crippen LogP contribution is 2.44. The summed E-state index contributed by atoms with van der Waals surface area (Å²) in [4.78, 5) is 17.2. The third-order valence-electron chi connectivity index (χ3n) is 5.72. The number of sulfonamides is 1. The van der Waals surface area contributed by atoms with Crippen LogP contribution in [0.1, 0.15) is 27.2 Å². The van der Waals surface area contributed by atoms with Crippen LogP contribution in [-0.4, -0.2) is 32.2 Å². The number of aryl methyl sites for hydroxylation is 2. The topological polar surface area (TPSA) is 130 Å². The Morgan fingerprint density at radius 1 is 0.853 bits per heavy atom. The van der Waals surface area contributed by atoms with Crippen LogP contribution < -0.4 is 4.72 Å². The van der Waals surface area contributed by atoms with E-state index in [1.54, 1.807) is 49.4 Å². The number of nitrogens with one attached hydrogen (secondary N) is 1. The van der Waals surface area contributed by atoms with E-state index in [1.807, 2.05) is 6.92 Å². The number of rotatable bonds is 4. The molecule has 4 aromatic rings. The van der Waals surface area contributed by atoms with E-state index in [0.717, 1.165) is 11.6 Å². The maximum Gasteiger partial charge on any atom is 0.296 e. The molecule has 5 rings (SSSR count). The summed E-state index contributed by atoms with van der Waals surface area (Å²) in [7, 11) is -9.01. The lowest BCUT2D eigenvalue weighted by Crippen LogP contribution is -2.20. The number of benzene rings is 3. The van der Waals surface area contributed by atoms with Crippen LogP contribution in [0.25, 0.3) is 22.0 Å². The van der Waals surface area contributed by atoms with Crippen molar-refractivity contribution in [3.63, 3.8) is 0 Å². The van der Waals surface area contributed by atoms with Gasteiger partial charge in [0.1, 0.15) is 4.90 Å². The molecule has 34 heavy (non-hydrogen) atoms. The van der Waals surface area contributed by atoms with Crippen LogP contribution in [0.5, 0.6) is 0 Å². The van der Waals surface area contributed by atoms with Gasteiger partial charge in [0.15, 0.2) is 5.78 Å². The minimum atomic E-state index is -4.82. The first kappa shape index (κ1) is 22.2. The molecular weight excluding hydrogens is 476 g/mol. The molecule has 8 nitrogen and oxygen atoms in total. The van der Waals surface area contributed by atoms with Crippen molar-refractivity contribution < 1.29 is 26.2 Å². The number of pyridine rings is 1. The van der Waals surface area contributed by atoms with Gasteiger partial charge in [0.05, 0.1) is 21.7 Å². The van der Waals surface area contributed by atoms with Crippen LogP contribution in [-0.2, 0) is 20.1 Å². The maximum absolute atomic E-state index is 13.6. The molecule has 0 fully saturated rings. The second-order valence-electron chi connectivity index (χ2n) is 8.10. The summed E-state index contributed by atoms with van der Waals surface area (Å²) < 4.78 is 63.2. The lowest BCUT2D eigenvalue weighted by molar-refractivity contribution is 0.104. The second-order valence-corrected chi connectivity index (χ2v) is 11.2. The van der Waals surface area contributed by atoms with Crippen LogP contribution in [0.3, 0.4) is 0 Å². The Morgan fingerprint density at radius 3 is 2.15 bits per heavy atom. The maximum atomic E-state index is 13.6. The monoisotopic (exact) mass is 494 g/mol. The number of ketones is 1. The van der Waals surface area contributed by atoms with Crippen LogP contribution >= 0.6 is 0 Å². The molecule has 172 valence electrons. The Hall–Kier alpha value is -3.60. The molecule has 0 saturated carbocycles. The first-order valence-electron chi connectivity index (χ1n) is 10.2. The number of anilines is 1. The summed E-state index contributed by atoms with van der Waals surface area (Å²) in [5, 5.41) is 0.158. The van der Waals surface area contributed by atoms with Crippen LogP contribution in [0.15, 0.2) is 70.5 Å². The Morgan fingerprint density at radius 2 is 1.50 bits per heavy atom. The smallest absolute Gasteiger partial charge is 0.288 e. The fraction of sp³-hybridized carbons (Fsp3) is 0.0833. The second kappa shape index (κ2) is 7.45. The van der Waals surface area contributed by atoms with Gasteiger partial charge < -0.3 is 0 Å². The van der Waals surface area contributed by atoms with Gasteiger partial charge in [-0.3, -0.25) is 19.1 Å². The molecule has 3 aromatic carbocycles. The Bertz CT molecular complexity index is 1740. The molecule has 0 aliphatic heterocycles. The van der Waals surface area contributed by atoms with Crippen molar-refractivity contribution in [2.24, 2.45) is 0 Å². The summed E-state index contributed by atoms with van der Waals surface area (Å²) in [6, 6.07) is 15.5. The Balaban J connectivity index is 1.88. The summed E-state index contributed by atoms with van der Waals surface area (Å²) in [5.41, 5.74) is 2.36. The summed E-state index contributed by atoms with van der Waals surface area (Å²) >= 11 is 0. The molecule has 0 spiro atoms. The first-order chi connectivity index (χ1) is 16.0. The van der Waals surface area contributed by atoms with Gasteiger partial charge in [0.2, 0.25) is 0 Å². The Kier molecular flexibility index (Phi) is 4.87. The standard InChI is InChI=1S/C24H18N2O6S2/c1-13-7-9-15(10-8-13)33(28,29)26-19-12-20(34(30,31)32)23-21-18(11-14(2)25-23)16-5-3-4-6-17(16)24(27)22(19)21/h3-12,26H,1-2H3,(H,30,31,32). The molecule has 0 unspecified atom stereocenters. The molecule has 0 amide bonds. The highest BCUT2D eigenvalue weighted by molar-refractivity contribution is 7.92. The number of hydrogen-bond donors (Lipinski definition) is 2. The van der Waals surface area contributed by atoms with Crippen LogP contribution in [0.2, 0.25) is 0 Å². The van der Waals surface area contributed by atoms with E-state index in [2.05, 4.69) is 9.71 Å². The summed E-state index contributed by atoms with van der Waals surface area (Å²) in [5.74, 6) is -0.484. The van der Waals surface area contributed by atoms with E-state index in [1.165, 1.54) is 12.1 Å². The number of aromatic nitrogens is 1. The van der Waals surface area contributed by atoms with Crippen LogP contribution in [0.4, 0.5) is 5.69 Å². The highest BCUT2D eigenvalue weighted by atomic mass is 32.2. The van der Waals surface area contributed by atoms with E-state index in [9.17, 15) is 26.2 Å². The van der Waals surface area contributed by atoms with Gasteiger partial charge >= 0.3 is 0 Å². The largest absolute Gasteiger partial charge is 0.296 e. The van der Waals surface area contributed by atoms with Gasteiger partial charge in [0.25, 0.3) is 20.1 Å². The number of carbonyl (C=O) groups is 1. The molecule has 1 aliphatic carbocycles. The molecule has 1 aromatic heterocycles. The molecule has 0 radical (unpaired) electrons. The predicted octanol–water partition coefficient (Wildman–Crippen LogP) is 4.11. The number of nitrogens with zero attached hydrogens (tertiary/aromatic N) is 1. The minimum Gasteiger partial charge on any atom is -0.288 e. The summed E-state index contributed by atoms with van der Waals surface area (Å²) in [6.45, 7) is 3.47. The van der Waals surface area contributed by atoms with Crippen molar-refractivity contribution in [3.05, 3.63) is 83.0 Å². The van der Waals surface area contributed by atoms with Gasteiger partial charge in [-0.15, -0.1) is 0 Å². The van der Waals surface area contributed by atoms with Gasteiger partial charge in [-0.1, -0.05) is 42.0 Å². The van der Waals surface area contributed by atoms with E-state index in [0.29, 0.717) is 22.4 Å². The fourth-order valence-electron chi connectivity index (χ4n) is 4.21. The van der Waals surface area contributed by atoms with Gasteiger partial charge in [-0.05, 0) is 49.2 Å². The van der Waals surface area contributed by atoms with Gasteiger partial charge in [-0.2, -0.15) is 8.42 Å². The van der Waals surface area contributed by atoms with Crippen molar-refractivity contribution in [2.75, 3.05) is 4.72 Å². The molecule has 0 saturated heterocycles. The molecule has 2 N–H and O–H groups in total. The van der Waals surface area contributed by atoms with Crippen molar-refractivity contribution in [1.29, 1.82) is 0 Å². The minimum absolute atomic E-state index is 0.0284. The molecule has 1 heterocycles. The van der Waals surface area contributed by atoms with E-state index < -0.39 is 30.8 Å². The normalized spacial score (nSPS) is 13.1. The molecule has 1 aliphatic rings. The fourth-order valence-corrected chi connectivity index (χ4v) is 5.93. The average molecular weight is 495 g/mol. The predicted molar refractivity (Wildman–Crippen MR) is 127 cm³/mol. The molecule has 0 atom stereocenters. The van der Waals surface area contributed by atoms with E-state index in [-0.39, 0.29) is 27.0 Å². The SMILES string of the molecule is Cc1ccc(S(=O)(=O)Nc2cc(S(=O)(=O)O)c3nc(C)cc4c3c2C(=O)c2ccccc2-4)cc1. The molecule has 10 heteroatoms. The van der Waals surface area contributed by atoms with Gasteiger partial charge in [-0.25, -0.2) is 8.42 Å². The molecular formula is C24H18N2O6S2. The zero-order valence-electron chi connectivity index (χ0n) is 18.0. The zero-order chi connectivity index (χ0) is 24.4. The number of fused-ring (bicyclic) bond motifs is 2. The van der Waals surface area contributed by atoms with E-state index in [4.69, 9.17) is 0 Å². The lowest BCUT2D eigenvalue weighted by atomic mass is 9.83. The van der Waals surface area contributed by atoms with Crippen molar-refractivity contribution >= 4 is 42.5 Å². The zero-order valence-corrected chi connectivity index (χ0v) is 19.7. The average Bonchev–Trinajstić information content (AvgIpc) is 2.77. The summed E-state index contributed by atoms with van der Waals surface area (Å²) in [6.07, 6.45) is 0. The third-order valence-corrected chi connectivity index (χ3v) is 7.97. The molecule has 0 bridgehead atoms. The van der Waals surface area contributed by atoms with Crippen molar-refractivity contribution in [1.82, 2.24) is 4.98 Å². The number of hydrogen-bond acceptors (Lipinski definition) is 6. The van der Waals surface area contributed by atoms with Crippen molar-refractivity contribution in [2.45, 2.75) is 23.6 Å². The number of carbonyl (C=O) groups excluding carboxylic acids is 1. The van der Waals surface area contributed by atoms with E-state index >= 15 is 0 Å². The quantitative estimate of drug-likeness (QED) is 0.360. The first-order valence-corrected chi connectivity index (χ1v) is 13.1. The van der Waals surface area contributed by atoms with Crippen LogP contribution in [0, 0.1) is 13.8 Å². The lowest BCUT2D eigenvalue weighted by Gasteiger charge is -2.24. The third kappa shape index (κ3) is 3.47. The van der Waals surface area contributed by atoms with Crippen molar-refractivity contribution in [3.8, 4) is 11.1 Å². The highest BCUT2D eigenvalue weighted by Gasteiger charge is 2.33. The van der Waals surface area contributed by atoms with Gasteiger partial charge in [0, 0.05) is 16.6 Å². The Labute approximate surface area is 196 Å².